The van der Waals surface area contributed by atoms with Gasteiger partial charge in [-0.2, -0.15) is 0 Å². The third-order valence-electron chi connectivity index (χ3n) is 1.60. The molecule has 0 aliphatic rings. The van der Waals surface area contributed by atoms with Crippen molar-refractivity contribution in [1.29, 1.82) is 0 Å². The molecule has 1 aromatic heterocycles. The van der Waals surface area contributed by atoms with E-state index in [0.717, 1.165) is 10.4 Å². The van der Waals surface area contributed by atoms with E-state index in [4.69, 9.17) is 0 Å². The van der Waals surface area contributed by atoms with Crippen molar-refractivity contribution in [2.75, 3.05) is 7.05 Å². The molecule has 0 bridgehead atoms. The monoisotopic (exact) mass is 205 g/mol. The van der Waals surface area contributed by atoms with E-state index in [2.05, 4.69) is 4.72 Å². The topological polar surface area (TPSA) is 46.2 Å². The minimum absolute atomic E-state index is 0.0903. The molecule has 12 heavy (non-hydrogen) atoms. The molecule has 0 fully saturated rings. The van der Waals surface area contributed by atoms with Crippen molar-refractivity contribution in [3.05, 3.63) is 21.9 Å². The number of aryl methyl sites for hydroxylation is 1. The summed E-state index contributed by atoms with van der Waals surface area (Å²) in [4.78, 5) is 0.907. The van der Waals surface area contributed by atoms with Crippen LogP contribution in [0.4, 0.5) is 0 Å². The number of rotatable bonds is 3. The number of hydrogen-bond acceptors (Lipinski definition) is 3. The van der Waals surface area contributed by atoms with Crippen molar-refractivity contribution in [2.45, 2.75) is 12.7 Å². The second kappa shape index (κ2) is 3.55. The quantitative estimate of drug-likeness (QED) is 0.803. The van der Waals surface area contributed by atoms with Crippen molar-refractivity contribution < 1.29 is 8.42 Å². The fourth-order valence-electron chi connectivity index (χ4n) is 0.797. The van der Waals surface area contributed by atoms with Crippen molar-refractivity contribution in [2.24, 2.45) is 0 Å². The first-order valence-corrected chi connectivity index (χ1v) is 6.02. The number of sulfonamides is 1. The van der Waals surface area contributed by atoms with Crippen molar-refractivity contribution in [3.8, 4) is 0 Å². The lowest BCUT2D eigenvalue weighted by Crippen LogP contribution is -2.20. The van der Waals surface area contributed by atoms with Gasteiger partial charge in [0, 0.05) is 4.88 Å². The minimum Gasteiger partial charge on any atom is -0.218 e. The maximum absolute atomic E-state index is 11.1. The number of nitrogens with one attached hydrogen (secondary N) is 1. The predicted octanol–water partition coefficient (Wildman–Crippen LogP) is 1.11. The highest BCUT2D eigenvalue weighted by molar-refractivity contribution is 7.88. The average Bonchev–Trinajstić information content (AvgIpc) is 2.36. The number of hydrogen-bond donors (Lipinski definition) is 1. The Morgan fingerprint density at radius 1 is 1.58 bits per heavy atom. The lowest BCUT2D eigenvalue weighted by Gasteiger charge is -2.00. The second-order valence-corrected chi connectivity index (χ2v) is 5.42. The molecule has 1 heterocycles. The SMILES string of the molecule is CNS(=O)(=O)Cc1sccc1C. The largest absolute Gasteiger partial charge is 0.218 e. The summed E-state index contributed by atoms with van der Waals surface area (Å²) in [5.41, 5.74) is 1.04. The first-order chi connectivity index (χ1) is 5.55. The molecule has 0 atom stereocenters. The Bertz CT molecular complexity index is 353. The van der Waals surface area contributed by atoms with Crippen LogP contribution in [-0.2, 0) is 15.8 Å². The van der Waals surface area contributed by atoms with E-state index in [0.29, 0.717) is 0 Å². The first-order valence-electron chi connectivity index (χ1n) is 3.49. The van der Waals surface area contributed by atoms with E-state index in [1.165, 1.54) is 18.4 Å². The van der Waals surface area contributed by atoms with Crippen LogP contribution in [0, 0.1) is 6.92 Å². The molecular formula is C7H11NO2S2. The van der Waals surface area contributed by atoms with Gasteiger partial charge in [0.15, 0.2) is 0 Å². The highest BCUT2D eigenvalue weighted by atomic mass is 32.2. The van der Waals surface area contributed by atoms with Crippen LogP contribution >= 0.6 is 11.3 Å². The van der Waals surface area contributed by atoms with Gasteiger partial charge in [0.2, 0.25) is 10.0 Å². The van der Waals surface area contributed by atoms with E-state index in [9.17, 15) is 8.42 Å². The third kappa shape index (κ3) is 2.30. The lowest BCUT2D eigenvalue weighted by atomic mass is 10.3. The van der Waals surface area contributed by atoms with Crippen LogP contribution in [0.15, 0.2) is 11.4 Å². The maximum atomic E-state index is 11.1. The summed E-state index contributed by atoms with van der Waals surface area (Å²) in [5.74, 6) is 0.0903. The summed E-state index contributed by atoms with van der Waals surface area (Å²) in [6.07, 6.45) is 0. The van der Waals surface area contributed by atoms with E-state index >= 15 is 0 Å². The van der Waals surface area contributed by atoms with Gasteiger partial charge in [-0.3, -0.25) is 0 Å². The maximum Gasteiger partial charge on any atom is 0.216 e. The van der Waals surface area contributed by atoms with Gasteiger partial charge in [-0.1, -0.05) is 0 Å². The number of thiophene rings is 1. The average molecular weight is 205 g/mol. The fourth-order valence-corrected chi connectivity index (χ4v) is 2.94. The van der Waals surface area contributed by atoms with Crippen LogP contribution in [0.3, 0.4) is 0 Å². The molecule has 0 unspecified atom stereocenters. The Morgan fingerprint density at radius 2 is 2.25 bits per heavy atom. The highest BCUT2D eigenvalue weighted by Crippen LogP contribution is 2.17. The van der Waals surface area contributed by atoms with Gasteiger partial charge in [0.05, 0.1) is 5.75 Å². The van der Waals surface area contributed by atoms with Gasteiger partial charge >= 0.3 is 0 Å². The summed E-state index contributed by atoms with van der Waals surface area (Å²) in [5, 5.41) is 1.90. The standard InChI is InChI=1S/C7H11NO2S2/c1-6-3-4-11-7(6)5-12(9,10)8-2/h3-4,8H,5H2,1-2H3. The summed E-state index contributed by atoms with van der Waals surface area (Å²) >= 11 is 1.47. The van der Waals surface area contributed by atoms with Crippen LogP contribution in [-0.4, -0.2) is 15.5 Å². The molecule has 0 amide bonds. The molecule has 0 radical (unpaired) electrons. The van der Waals surface area contributed by atoms with Crippen molar-refractivity contribution in [3.63, 3.8) is 0 Å². The molecule has 5 heteroatoms. The van der Waals surface area contributed by atoms with Crippen LogP contribution in [0.2, 0.25) is 0 Å². The van der Waals surface area contributed by atoms with E-state index in [-0.39, 0.29) is 5.75 Å². The molecule has 1 aromatic rings. The molecule has 3 nitrogen and oxygen atoms in total. The van der Waals surface area contributed by atoms with E-state index in [1.54, 1.807) is 0 Å². The molecule has 68 valence electrons. The molecular weight excluding hydrogens is 194 g/mol. The van der Waals surface area contributed by atoms with Crippen LogP contribution in [0.1, 0.15) is 10.4 Å². The molecule has 0 aliphatic carbocycles. The Labute approximate surface area is 76.5 Å². The molecule has 0 saturated carbocycles. The third-order valence-corrected chi connectivity index (χ3v) is 4.10. The zero-order chi connectivity index (χ0) is 9.19. The van der Waals surface area contributed by atoms with Gasteiger partial charge < -0.3 is 0 Å². The Morgan fingerprint density at radius 3 is 2.67 bits per heavy atom. The molecule has 1 rings (SSSR count). The smallest absolute Gasteiger partial charge is 0.216 e. The summed E-state index contributed by atoms with van der Waals surface area (Å²) < 4.78 is 24.5. The van der Waals surface area contributed by atoms with Crippen LogP contribution in [0.5, 0.6) is 0 Å². The lowest BCUT2D eigenvalue weighted by molar-refractivity contribution is 0.587. The highest BCUT2D eigenvalue weighted by Gasteiger charge is 2.10. The molecule has 1 N–H and O–H groups in total. The van der Waals surface area contributed by atoms with Gasteiger partial charge in [0.1, 0.15) is 0 Å². The molecule has 0 aliphatic heterocycles. The van der Waals surface area contributed by atoms with Gasteiger partial charge in [-0.05, 0) is 31.0 Å². The molecule has 0 saturated heterocycles. The van der Waals surface area contributed by atoms with Crippen molar-refractivity contribution in [1.82, 2.24) is 4.72 Å². The van der Waals surface area contributed by atoms with Crippen molar-refractivity contribution >= 4 is 21.4 Å². The molecule has 0 spiro atoms. The second-order valence-electron chi connectivity index (χ2n) is 2.49. The Kier molecular flexibility index (Phi) is 2.87. The zero-order valence-electron chi connectivity index (χ0n) is 6.99. The molecule has 0 aromatic carbocycles. The Balaban J connectivity index is 2.84. The van der Waals surface area contributed by atoms with Crippen LogP contribution < -0.4 is 4.72 Å². The van der Waals surface area contributed by atoms with Gasteiger partial charge in [-0.25, -0.2) is 13.1 Å². The fraction of sp³-hybridized carbons (Fsp3) is 0.429. The van der Waals surface area contributed by atoms with Crippen LogP contribution in [0.25, 0.3) is 0 Å². The summed E-state index contributed by atoms with van der Waals surface area (Å²) in [6.45, 7) is 1.91. The van der Waals surface area contributed by atoms with Gasteiger partial charge in [0.25, 0.3) is 0 Å². The summed E-state index contributed by atoms with van der Waals surface area (Å²) in [7, 11) is -1.68. The van der Waals surface area contributed by atoms with Gasteiger partial charge in [-0.15, -0.1) is 11.3 Å². The minimum atomic E-state index is -3.10. The zero-order valence-corrected chi connectivity index (χ0v) is 8.63. The summed E-state index contributed by atoms with van der Waals surface area (Å²) in [6, 6.07) is 1.92. The van der Waals surface area contributed by atoms with E-state index < -0.39 is 10.0 Å². The normalized spacial score (nSPS) is 11.8. The van der Waals surface area contributed by atoms with E-state index in [1.807, 2.05) is 18.4 Å². The first kappa shape index (κ1) is 9.70. The Hall–Kier alpha value is -0.390. The predicted molar refractivity (Wildman–Crippen MR) is 50.7 cm³/mol.